The highest BCUT2D eigenvalue weighted by Gasteiger charge is 2.06. The highest BCUT2D eigenvalue weighted by atomic mass is 16.5. The van der Waals surface area contributed by atoms with E-state index in [4.69, 9.17) is 4.74 Å². The first-order chi connectivity index (χ1) is 6.88. The normalized spacial score (nSPS) is 13.3. The van der Waals surface area contributed by atoms with Crippen molar-refractivity contribution in [3.8, 4) is 0 Å². The number of benzene rings is 1. The van der Waals surface area contributed by atoms with Gasteiger partial charge < -0.3 is 4.74 Å². The van der Waals surface area contributed by atoms with E-state index in [0.29, 0.717) is 0 Å². The number of hydrogen-bond donors (Lipinski definition) is 0. The van der Waals surface area contributed by atoms with Crippen molar-refractivity contribution in [2.24, 2.45) is 0 Å². The molecule has 1 nitrogen and oxygen atoms in total. The summed E-state index contributed by atoms with van der Waals surface area (Å²) in [4.78, 5) is 0. The lowest BCUT2D eigenvalue weighted by atomic mass is 10.1. The van der Waals surface area contributed by atoms with Gasteiger partial charge in [-0.05, 0) is 18.4 Å². The lowest BCUT2D eigenvalue weighted by Gasteiger charge is -2.13. The Morgan fingerprint density at radius 1 is 1.21 bits per heavy atom. The molecule has 0 heterocycles. The van der Waals surface area contributed by atoms with Gasteiger partial charge in [0.2, 0.25) is 0 Å². The lowest BCUT2D eigenvalue weighted by Crippen LogP contribution is -1.99. The minimum Gasteiger partial charge on any atom is -0.376 e. The predicted molar refractivity (Wildman–Crippen MR) is 60.2 cm³/mol. The van der Waals surface area contributed by atoms with Gasteiger partial charge in [0.1, 0.15) is 0 Å². The molecular formula is C13H18O. The van der Waals surface area contributed by atoms with Crippen LogP contribution in [0.25, 0.3) is 0 Å². The molecule has 0 bridgehead atoms. The van der Waals surface area contributed by atoms with Crippen molar-refractivity contribution in [3.05, 3.63) is 48.0 Å². The standard InChI is InChI=1S/C13H18O/c1-3-4-6-11-13(14-2)12-9-7-5-8-10-12/h4-10,13H,3,11H2,1-2H3/b6-4-. The molecule has 0 aliphatic rings. The van der Waals surface area contributed by atoms with Crippen molar-refractivity contribution < 1.29 is 4.74 Å². The molecule has 0 aromatic heterocycles. The zero-order chi connectivity index (χ0) is 10.2. The smallest absolute Gasteiger partial charge is 0.0855 e. The topological polar surface area (TPSA) is 9.23 Å². The van der Waals surface area contributed by atoms with Crippen molar-refractivity contribution >= 4 is 0 Å². The SMILES string of the molecule is CC/C=C\CC(OC)c1ccccc1. The van der Waals surface area contributed by atoms with Crippen LogP contribution in [0.5, 0.6) is 0 Å². The van der Waals surface area contributed by atoms with Gasteiger partial charge in [0.25, 0.3) is 0 Å². The minimum atomic E-state index is 0.194. The van der Waals surface area contributed by atoms with Gasteiger partial charge in [0, 0.05) is 7.11 Å². The molecule has 0 N–H and O–H groups in total. The van der Waals surface area contributed by atoms with Gasteiger partial charge in [-0.1, -0.05) is 49.4 Å². The Morgan fingerprint density at radius 3 is 2.50 bits per heavy atom. The molecule has 14 heavy (non-hydrogen) atoms. The van der Waals surface area contributed by atoms with Gasteiger partial charge in [-0.25, -0.2) is 0 Å². The van der Waals surface area contributed by atoms with Crippen LogP contribution in [0.4, 0.5) is 0 Å². The zero-order valence-electron chi connectivity index (χ0n) is 8.94. The molecular weight excluding hydrogens is 172 g/mol. The third kappa shape index (κ3) is 3.35. The second-order valence-corrected chi connectivity index (χ2v) is 3.25. The Bertz CT molecular complexity index is 264. The molecule has 1 atom stereocenters. The zero-order valence-corrected chi connectivity index (χ0v) is 8.94. The van der Waals surface area contributed by atoms with E-state index in [-0.39, 0.29) is 6.10 Å². The molecule has 0 amide bonds. The van der Waals surface area contributed by atoms with E-state index in [2.05, 4.69) is 31.2 Å². The van der Waals surface area contributed by atoms with Gasteiger partial charge in [-0.3, -0.25) is 0 Å². The third-order valence-corrected chi connectivity index (χ3v) is 2.21. The van der Waals surface area contributed by atoms with Crippen LogP contribution < -0.4 is 0 Å². The molecule has 1 rings (SSSR count). The first-order valence-corrected chi connectivity index (χ1v) is 5.11. The number of methoxy groups -OCH3 is 1. The molecule has 1 aromatic rings. The third-order valence-electron chi connectivity index (χ3n) is 2.21. The van der Waals surface area contributed by atoms with Crippen LogP contribution in [0, 0.1) is 0 Å². The van der Waals surface area contributed by atoms with E-state index in [1.165, 1.54) is 5.56 Å². The van der Waals surface area contributed by atoms with E-state index < -0.39 is 0 Å². The van der Waals surface area contributed by atoms with Crippen molar-refractivity contribution in [2.45, 2.75) is 25.9 Å². The predicted octanol–water partition coefficient (Wildman–Crippen LogP) is 3.73. The average Bonchev–Trinajstić information content (AvgIpc) is 2.26. The van der Waals surface area contributed by atoms with E-state index in [1.54, 1.807) is 7.11 Å². The Kier molecular flexibility index (Phi) is 5.02. The maximum atomic E-state index is 5.43. The summed E-state index contributed by atoms with van der Waals surface area (Å²) in [5, 5.41) is 0. The minimum absolute atomic E-state index is 0.194. The van der Waals surface area contributed by atoms with Crippen molar-refractivity contribution in [1.29, 1.82) is 0 Å². The Balaban J connectivity index is 2.58. The van der Waals surface area contributed by atoms with Gasteiger partial charge in [-0.2, -0.15) is 0 Å². The van der Waals surface area contributed by atoms with E-state index in [0.717, 1.165) is 12.8 Å². The summed E-state index contributed by atoms with van der Waals surface area (Å²) in [5.41, 5.74) is 1.25. The first kappa shape index (κ1) is 11.0. The van der Waals surface area contributed by atoms with Gasteiger partial charge in [-0.15, -0.1) is 0 Å². The van der Waals surface area contributed by atoms with Gasteiger partial charge in [0.15, 0.2) is 0 Å². The lowest BCUT2D eigenvalue weighted by molar-refractivity contribution is 0.106. The molecule has 1 heteroatoms. The fourth-order valence-electron chi connectivity index (χ4n) is 1.42. The number of ether oxygens (including phenoxy) is 1. The monoisotopic (exact) mass is 190 g/mol. The molecule has 1 unspecified atom stereocenters. The van der Waals surface area contributed by atoms with Gasteiger partial charge >= 0.3 is 0 Å². The quantitative estimate of drug-likeness (QED) is 0.643. The summed E-state index contributed by atoms with van der Waals surface area (Å²) < 4.78 is 5.43. The van der Waals surface area contributed by atoms with Crippen molar-refractivity contribution in [3.63, 3.8) is 0 Å². The van der Waals surface area contributed by atoms with E-state index >= 15 is 0 Å². The number of allylic oxidation sites excluding steroid dienone is 1. The summed E-state index contributed by atoms with van der Waals surface area (Å²) in [5.74, 6) is 0. The molecule has 1 aromatic carbocycles. The number of rotatable bonds is 5. The molecule has 0 saturated heterocycles. The molecule has 0 spiro atoms. The summed E-state index contributed by atoms with van der Waals surface area (Å²) in [6, 6.07) is 10.3. The van der Waals surface area contributed by atoms with Crippen LogP contribution in [0.1, 0.15) is 31.4 Å². The van der Waals surface area contributed by atoms with Crippen LogP contribution in [0.3, 0.4) is 0 Å². The van der Waals surface area contributed by atoms with Crippen LogP contribution >= 0.6 is 0 Å². The average molecular weight is 190 g/mol. The maximum Gasteiger partial charge on any atom is 0.0855 e. The van der Waals surface area contributed by atoms with Gasteiger partial charge in [0.05, 0.1) is 6.10 Å². The summed E-state index contributed by atoms with van der Waals surface area (Å²) in [6.45, 7) is 2.14. The van der Waals surface area contributed by atoms with E-state index in [1.807, 2.05) is 18.2 Å². The molecule has 0 fully saturated rings. The Labute approximate surface area is 86.4 Å². The fourth-order valence-corrected chi connectivity index (χ4v) is 1.42. The van der Waals surface area contributed by atoms with E-state index in [9.17, 15) is 0 Å². The molecule has 0 aliphatic heterocycles. The van der Waals surface area contributed by atoms with Crippen molar-refractivity contribution in [1.82, 2.24) is 0 Å². The molecule has 0 saturated carbocycles. The largest absolute Gasteiger partial charge is 0.376 e. The van der Waals surface area contributed by atoms with Crippen LogP contribution in [0.15, 0.2) is 42.5 Å². The fraction of sp³-hybridized carbons (Fsp3) is 0.385. The number of hydrogen-bond acceptors (Lipinski definition) is 1. The van der Waals surface area contributed by atoms with Crippen molar-refractivity contribution in [2.75, 3.05) is 7.11 Å². The summed E-state index contributed by atoms with van der Waals surface area (Å²) >= 11 is 0. The Hall–Kier alpha value is -1.08. The maximum absolute atomic E-state index is 5.43. The van der Waals surface area contributed by atoms with Crippen LogP contribution in [-0.2, 0) is 4.74 Å². The highest BCUT2D eigenvalue weighted by Crippen LogP contribution is 2.20. The molecule has 0 radical (unpaired) electrons. The van der Waals surface area contributed by atoms with Crippen LogP contribution in [-0.4, -0.2) is 7.11 Å². The summed E-state index contributed by atoms with van der Waals surface area (Å²) in [6.07, 6.45) is 6.59. The molecule has 76 valence electrons. The highest BCUT2D eigenvalue weighted by molar-refractivity contribution is 5.18. The summed E-state index contributed by atoms with van der Waals surface area (Å²) in [7, 11) is 1.76. The first-order valence-electron chi connectivity index (χ1n) is 5.11. The molecule has 0 aliphatic carbocycles. The second-order valence-electron chi connectivity index (χ2n) is 3.25. The Morgan fingerprint density at radius 2 is 1.93 bits per heavy atom. The van der Waals surface area contributed by atoms with Crippen LogP contribution in [0.2, 0.25) is 0 Å². The second kappa shape index (κ2) is 6.39.